The van der Waals surface area contributed by atoms with Crippen LogP contribution in [0.25, 0.3) is 0 Å². The minimum Gasteiger partial charge on any atom is -0.462 e. The van der Waals surface area contributed by atoms with E-state index >= 15 is 0 Å². The molecular formula is C39H69O9P. The minimum atomic E-state index is -4.77. The number of esters is 2. The molecule has 0 aromatic carbocycles. The van der Waals surface area contributed by atoms with Crippen LogP contribution in [0.4, 0.5) is 0 Å². The van der Waals surface area contributed by atoms with Gasteiger partial charge in [-0.05, 0) is 64.2 Å². The molecule has 0 aliphatic carbocycles. The lowest BCUT2D eigenvalue weighted by Crippen LogP contribution is -2.29. The maximum absolute atomic E-state index is 12.4. The Morgan fingerprint density at radius 2 is 1.16 bits per heavy atom. The molecule has 0 spiro atoms. The lowest BCUT2D eigenvalue weighted by atomic mass is 10.1. The van der Waals surface area contributed by atoms with Crippen LogP contribution in [0.15, 0.2) is 48.6 Å². The summed E-state index contributed by atoms with van der Waals surface area (Å²) in [4.78, 5) is 42.7. The summed E-state index contributed by atoms with van der Waals surface area (Å²) < 4.78 is 26.3. The lowest BCUT2D eigenvalue weighted by molar-refractivity contribution is -0.161. The maximum Gasteiger partial charge on any atom is 0.469 e. The van der Waals surface area contributed by atoms with E-state index in [0.717, 1.165) is 77.0 Å². The number of carbonyl (C=O) groups is 2. The first kappa shape index (κ1) is 47.0. The second kappa shape index (κ2) is 34.4. The van der Waals surface area contributed by atoms with Gasteiger partial charge in [-0.2, -0.15) is 0 Å². The second-order valence-corrected chi connectivity index (χ2v) is 14.0. The summed E-state index contributed by atoms with van der Waals surface area (Å²) in [5.74, 6) is -0.951. The molecule has 0 amide bonds. The van der Waals surface area contributed by atoms with E-state index < -0.39 is 38.6 Å². The lowest BCUT2D eigenvalue weighted by Gasteiger charge is -2.18. The summed E-state index contributed by atoms with van der Waals surface area (Å²) in [6, 6.07) is 0. The summed E-state index contributed by atoms with van der Waals surface area (Å²) in [5, 5.41) is 9.82. The molecule has 284 valence electrons. The zero-order valence-corrected chi connectivity index (χ0v) is 31.6. The van der Waals surface area contributed by atoms with Gasteiger partial charge in [0.25, 0.3) is 0 Å². The first-order valence-corrected chi connectivity index (χ1v) is 20.6. The molecule has 0 aliphatic rings. The Balaban J connectivity index is 4.05. The Labute approximate surface area is 297 Å². The van der Waals surface area contributed by atoms with Gasteiger partial charge in [-0.25, -0.2) is 4.57 Å². The molecule has 0 aromatic heterocycles. The number of allylic oxidation sites excluding steroid dienone is 6. The fourth-order valence-electron chi connectivity index (χ4n) is 5.05. The van der Waals surface area contributed by atoms with E-state index in [2.05, 4.69) is 36.6 Å². The molecule has 0 aliphatic heterocycles. The number of rotatable bonds is 34. The van der Waals surface area contributed by atoms with Crippen LogP contribution in [0.5, 0.6) is 0 Å². The van der Waals surface area contributed by atoms with Gasteiger partial charge in [0, 0.05) is 12.8 Å². The van der Waals surface area contributed by atoms with Crippen LogP contribution in [0.1, 0.15) is 162 Å². The summed E-state index contributed by atoms with van der Waals surface area (Å²) in [5.41, 5.74) is 0. The van der Waals surface area contributed by atoms with Crippen molar-refractivity contribution < 1.29 is 43.0 Å². The molecule has 3 N–H and O–H groups in total. The molecule has 10 heteroatoms. The number of unbranched alkanes of at least 4 members (excludes halogenated alkanes) is 16. The van der Waals surface area contributed by atoms with Crippen molar-refractivity contribution in [3.05, 3.63) is 48.6 Å². The van der Waals surface area contributed by atoms with Gasteiger partial charge >= 0.3 is 19.8 Å². The molecule has 0 radical (unpaired) electrons. The van der Waals surface area contributed by atoms with Crippen molar-refractivity contribution in [2.75, 3.05) is 13.2 Å². The number of ether oxygens (including phenoxy) is 2. The fourth-order valence-corrected chi connectivity index (χ4v) is 5.41. The van der Waals surface area contributed by atoms with E-state index in [4.69, 9.17) is 19.3 Å². The van der Waals surface area contributed by atoms with Gasteiger partial charge in [0.15, 0.2) is 6.10 Å². The third-order valence-corrected chi connectivity index (χ3v) is 8.40. The number of aliphatic hydroxyl groups is 1. The average molecular weight is 713 g/mol. The fraction of sp³-hybridized carbons (Fsp3) is 0.744. The van der Waals surface area contributed by atoms with Crippen LogP contribution in [0.3, 0.4) is 0 Å². The smallest absolute Gasteiger partial charge is 0.462 e. The van der Waals surface area contributed by atoms with Gasteiger partial charge in [-0.3, -0.25) is 14.1 Å². The standard InChI is InChI=1S/C39H69O9P/c1-3-5-7-8-9-10-11-12-13-14-15-18-22-25-29-33-39(42)48-37(35-47-49(43,44)45)34-46-38(41)32-28-24-21-19-16-17-20-23-27-31-36(40)30-26-6-4-2/h6,12-13,20,23,26-27,31,36-37,40H,3-5,7-11,14-19,21-22,24-25,28-30,32-35H2,1-2H3,(H2,43,44,45)/b13-12-,23-20+,26-6+,31-27+/t36?,37-/m1/s1. The van der Waals surface area contributed by atoms with Crippen LogP contribution in [-0.2, 0) is 28.2 Å². The summed E-state index contributed by atoms with van der Waals surface area (Å²) in [7, 11) is -4.77. The maximum atomic E-state index is 12.4. The van der Waals surface area contributed by atoms with Crippen molar-refractivity contribution in [3.8, 4) is 0 Å². The molecule has 0 bridgehead atoms. The molecule has 0 rings (SSSR count). The van der Waals surface area contributed by atoms with Gasteiger partial charge < -0.3 is 24.4 Å². The van der Waals surface area contributed by atoms with Crippen LogP contribution in [0.2, 0.25) is 0 Å². The highest BCUT2D eigenvalue weighted by Gasteiger charge is 2.22. The predicted molar refractivity (Wildman–Crippen MR) is 199 cm³/mol. The molecule has 49 heavy (non-hydrogen) atoms. The molecule has 0 saturated carbocycles. The zero-order chi connectivity index (χ0) is 36.3. The Morgan fingerprint density at radius 3 is 1.73 bits per heavy atom. The minimum absolute atomic E-state index is 0.186. The number of hydrogen-bond donors (Lipinski definition) is 3. The average Bonchev–Trinajstić information content (AvgIpc) is 3.06. The third kappa shape index (κ3) is 37.1. The Morgan fingerprint density at radius 1 is 0.633 bits per heavy atom. The molecular weight excluding hydrogens is 643 g/mol. The molecule has 9 nitrogen and oxygen atoms in total. The van der Waals surface area contributed by atoms with Gasteiger partial charge in [0.05, 0.1) is 12.7 Å². The number of carbonyl (C=O) groups excluding carboxylic acids is 2. The topological polar surface area (TPSA) is 140 Å². The highest BCUT2D eigenvalue weighted by Crippen LogP contribution is 2.36. The van der Waals surface area contributed by atoms with E-state index in [1.807, 2.05) is 24.3 Å². The van der Waals surface area contributed by atoms with Crippen molar-refractivity contribution in [1.82, 2.24) is 0 Å². The number of hydrogen-bond acceptors (Lipinski definition) is 7. The molecule has 0 heterocycles. The Kier molecular flexibility index (Phi) is 33.0. The Bertz CT molecular complexity index is 954. The van der Waals surface area contributed by atoms with Gasteiger partial charge in [-0.15, -0.1) is 0 Å². The van der Waals surface area contributed by atoms with E-state index in [0.29, 0.717) is 19.3 Å². The van der Waals surface area contributed by atoms with E-state index in [1.54, 1.807) is 6.08 Å². The predicted octanol–water partition coefficient (Wildman–Crippen LogP) is 10.1. The van der Waals surface area contributed by atoms with E-state index in [1.165, 1.54) is 38.5 Å². The van der Waals surface area contributed by atoms with Gasteiger partial charge in [0.1, 0.15) is 6.61 Å². The highest BCUT2D eigenvalue weighted by atomic mass is 31.2. The molecule has 0 aromatic rings. The van der Waals surface area contributed by atoms with E-state index in [-0.39, 0.29) is 19.4 Å². The van der Waals surface area contributed by atoms with Crippen LogP contribution in [0, 0.1) is 0 Å². The highest BCUT2D eigenvalue weighted by molar-refractivity contribution is 7.46. The van der Waals surface area contributed by atoms with Crippen LogP contribution < -0.4 is 0 Å². The first-order chi connectivity index (χ1) is 23.7. The number of phosphoric acid groups is 1. The molecule has 1 unspecified atom stereocenters. The normalized spacial score (nSPS) is 13.7. The molecule has 0 fully saturated rings. The molecule has 2 atom stereocenters. The summed E-state index contributed by atoms with van der Waals surface area (Å²) in [6.45, 7) is 3.43. The Hall–Kier alpha value is -2.03. The zero-order valence-electron chi connectivity index (χ0n) is 30.7. The largest absolute Gasteiger partial charge is 0.469 e. The van der Waals surface area contributed by atoms with Gasteiger partial charge in [-0.1, -0.05) is 133 Å². The van der Waals surface area contributed by atoms with Crippen LogP contribution >= 0.6 is 7.82 Å². The number of aliphatic hydroxyl groups excluding tert-OH is 1. The second-order valence-electron chi connectivity index (χ2n) is 12.7. The number of phosphoric ester groups is 1. The quantitative estimate of drug-likeness (QED) is 0.0195. The van der Waals surface area contributed by atoms with Crippen LogP contribution in [-0.4, -0.2) is 52.3 Å². The monoisotopic (exact) mass is 712 g/mol. The van der Waals surface area contributed by atoms with Crippen molar-refractivity contribution in [3.63, 3.8) is 0 Å². The van der Waals surface area contributed by atoms with Gasteiger partial charge in [0.2, 0.25) is 0 Å². The van der Waals surface area contributed by atoms with Crippen molar-refractivity contribution in [2.24, 2.45) is 0 Å². The first-order valence-electron chi connectivity index (χ1n) is 19.0. The molecule has 0 saturated heterocycles. The van der Waals surface area contributed by atoms with E-state index in [9.17, 15) is 19.3 Å². The van der Waals surface area contributed by atoms with Crippen molar-refractivity contribution in [2.45, 2.75) is 174 Å². The SMILES string of the molecule is CC/C=C/CC(O)/C=C/C=C/CCCCCCCC(=O)OC[C@H](COP(=O)(O)O)OC(=O)CCCCCCC/C=C\CCCCCCCC. The van der Waals surface area contributed by atoms with Crippen molar-refractivity contribution >= 4 is 19.8 Å². The third-order valence-electron chi connectivity index (χ3n) is 7.91. The summed E-state index contributed by atoms with van der Waals surface area (Å²) in [6.07, 6.45) is 37.3. The van der Waals surface area contributed by atoms with Crippen molar-refractivity contribution in [1.29, 1.82) is 0 Å². The summed E-state index contributed by atoms with van der Waals surface area (Å²) >= 11 is 0.